The van der Waals surface area contributed by atoms with Gasteiger partial charge in [0.2, 0.25) is 0 Å². The molecule has 1 aliphatic heterocycles. The number of carbonyl (C=O) groups is 1. The highest BCUT2D eigenvalue weighted by molar-refractivity contribution is 7.99. The van der Waals surface area contributed by atoms with Crippen LogP contribution in [-0.2, 0) is 9.53 Å². The number of aromatic nitrogens is 3. The summed E-state index contributed by atoms with van der Waals surface area (Å²) in [6, 6.07) is 12.0. The molecule has 200 valence electrons. The zero-order chi connectivity index (χ0) is 27.4. The summed E-state index contributed by atoms with van der Waals surface area (Å²) in [5.74, 6) is 0.573. The maximum atomic E-state index is 13.9. The third kappa shape index (κ3) is 5.45. The Labute approximate surface area is 232 Å². The first-order valence-corrected chi connectivity index (χ1v) is 14.1. The van der Waals surface area contributed by atoms with Gasteiger partial charge in [-0.15, -0.1) is 0 Å². The van der Waals surface area contributed by atoms with Crippen LogP contribution in [0.1, 0.15) is 44.1 Å². The Bertz CT molecular complexity index is 1710. The van der Waals surface area contributed by atoms with Crippen LogP contribution >= 0.6 is 23.1 Å². The molecule has 0 amide bonds. The summed E-state index contributed by atoms with van der Waals surface area (Å²) in [4.78, 5) is 40.9. The molecule has 9 nitrogen and oxygen atoms in total. The molecule has 0 radical (unpaired) electrons. The van der Waals surface area contributed by atoms with Crippen molar-refractivity contribution in [3.63, 3.8) is 0 Å². The molecule has 11 heteroatoms. The number of methoxy groups -OCH3 is 1. The third-order valence-corrected chi connectivity index (χ3v) is 7.73. The fraction of sp³-hybridized carbons (Fsp3) is 0.250. The van der Waals surface area contributed by atoms with Gasteiger partial charge in [0.25, 0.3) is 5.56 Å². The van der Waals surface area contributed by atoms with Crippen molar-refractivity contribution >= 4 is 35.1 Å². The van der Waals surface area contributed by atoms with Gasteiger partial charge in [0.15, 0.2) is 15.1 Å². The molecule has 0 bridgehead atoms. The lowest BCUT2D eigenvalue weighted by molar-refractivity contribution is -0.139. The molecular weight excluding hydrogens is 536 g/mol. The lowest BCUT2D eigenvalue weighted by atomic mass is 9.93. The number of esters is 1. The molecule has 5 rings (SSSR count). The molecule has 0 saturated carbocycles. The van der Waals surface area contributed by atoms with Gasteiger partial charge in [0, 0.05) is 24.0 Å². The maximum absolute atomic E-state index is 13.9. The third-order valence-electron chi connectivity index (χ3n) is 5.94. The Morgan fingerprint density at radius 3 is 2.69 bits per heavy atom. The predicted octanol–water partition coefficient (Wildman–Crippen LogP) is 4.12. The fourth-order valence-electron chi connectivity index (χ4n) is 4.33. The second-order valence-corrected chi connectivity index (χ2v) is 10.4. The average Bonchev–Trinajstić information content (AvgIpc) is 3.52. The monoisotopic (exact) mass is 562 g/mol. The van der Waals surface area contributed by atoms with Crippen LogP contribution in [0.15, 0.2) is 90.6 Å². The number of para-hydroxylation sites is 1. The second kappa shape index (κ2) is 11.8. The number of thiazole rings is 1. The van der Waals surface area contributed by atoms with E-state index in [9.17, 15) is 9.59 Å². The van der Waals surface area contributed by atoms with Crippen molar-refractivity contribution in [3.05, 3.63) is 97.1 Å². The van der Waals surface area contributed by atoms with Crippen LogP contribution in [0.5, 0.6) is 5.75 Å². The van der Waals surface area contributed by atoms with E-state index in [2.05, 4.69) is 9.97 Å². The van der Waals surface area contributed by atoms with Gasteiger partial charge in [-0.3, -0.25) is 9.36 Å². The number of carbonyl (C=O) groups excluding carboxylic acids is 1. The average molecular weight is 563 g/mol. The number of hydrogen-bond donors (Lipinski definition) is 0. The topological polar surface area (TPSA) is 109 Å². The summed E-state index contributed by atoms with van der Waals surface area (Å²) in [5, 5.41) is 1.16. The van der Waals surface area contributed by atoms with Crippen LogP contribution in [0.3, 0.4) is 0 Å². The number of rotatable bonds is 9. The van der Waals surface area contributed by atoms with Gasteiger partial charge in [-0.2, -0.15) is 0 Å². The van der Waals surface area contributed by atoms with Gasteiger partial charge in [-0.1, -0.05) is 42.9 Å². The van der Waals surface area contributed by atoms with Gasteiger partial charge >= 0.3 is 5.97 Å². The van der Waals surface area contributed by atoms with E-state index in [-0.39, 0.29) is 12.2 Å². The number of benzene rings is 1. The molecule has 4 heterocycles. The van der Waals surface area contributed by atoms with Crippen LogP contribution < -0.4 is 19.6 Å². The fourth-order valence-corrected chi connectivity index (χ4v) is 6.01. The van der Waals surface area contributed by atoms with Gasteiger partial charge in [-0.25, -0.2) is 19.8 Å². The first kappa shape index (κ1) is 26.6. The Balaban J connectivity index is 1.65. The van der Waals surface area contributed by atoms with Crippen molar-refractivity contribution in [1.82, 2.24) is 14.5 Å². The number of ether oxygens (including phenoxy) is 2. The predicted molar refractivity (Wildman–Crippen MR) is 147 cm³/mol. The van der Waals surface area contributed by atoms with E-state index < -0.39 is 12.0 Å². The summed E-state index contributed by atoms with van der Waals surface area (Å²) < 4.78 is 19.0. The maximum Gasteiger partial charge on any atom is 0.338 e. The van der Waals surface area contributed by atoms with E-state index in [1.54, 1.807) is 55.3 Å². The molecule has 39 heavy (non-hydrogen) atoms. The summed E-state index contributed by atoms with van der Waals surface area (Å²) in [6.07, 6.45) is 6.34. The van der Waals surface area contributed by atoms with Crippen molar-refractivity contribution in [2.24, 2.45) is 4.99 Å². The van der Waals surface area contributed by atoms with Crippen molar-refractivity contribution in [2.45, 2.75) is 43.0 Å². The number of hydrogen-bond acceptors (Lipinski definition) is 10. The Morgan fingerprint density at radius 2 is 1.95 bits per heavy atom. The standard InChI is InChI=1S/C28H26N4O5S2/c1-4-9-19-23(26(34)36-5-2)24(18-10-6-7-11-20(18)35-3)32-25(33)21(38-28(32)31-19)16-17-12-13-22(37-17)39-27-29-14-8-15-30-27/h6-8,10-16,24H,4-5,9H2,1-3H3/b21-16+/t24-/m0/s1. The molecule has 0 spiro atoms. The summed E-state index contributed by atoms with van der Waals surface area (Å²) in [7, 11) is 1.57. The zero-order valence-electron chi connectivity index (χ0n) is 21.6. The van der Waals surface area contributed by atoms with Crippen molar-refractivity contribution in [1.29, 1.82) is 0 Å². The Morgan fingerprint density at radius 1 is 1.15 bits per heavy atom. The van der Waals surface area contributed by atoms with Crippen LogP contribution in [0.2, 0.25) is 0 Å². The van der Waals surface area contributed by atoms with Crippen LogP contribution in [-0.4, -0.2) is 34.2 Å². The van der Waals surface area contributed by atoms with Gasteiger partial charge in [-0.05, 0) is 49.4 Å². The number of furan rings is 1. The molecule has 1 aromatic carbocycles. The largest absolute Gasteiger partial charge is 0.496 e. The minimum absolute atomic E-state index is 0.206. The molecule has 0 aliphatic carbocycles. The van der Waals surface area contributed by atoms with E-state index in [1.807, 2.05) is 31.2 Å². The molecular formula is C28H26N4O5S2. The van der Waals surface area contributed by atoms with E-state index in [0.717, 1.165) is 6.42 Å². The highest BCUT2D eigenvalue weighted by Crippen LogP contribution is 2.36. The minimum atomic E-state index is -0.752. The quantitative estimate of drug-likeness (QED) is 0.221. The molecule has 1 aliphatic rings. The normalized spacial score (nSPS) is 15.2. The van der Waals surface area contributed by atoms with Gasteiger partial charge < -0.3 is 13.9 Å². The lowest BCUT2D eigenvalue weighted by Crippen LogP contribution is -2.40. The van der Waals surface area contributed by atoms with Crippen LogP contribution in [0, 0.1) is 0 Å². The molecule has 0 unspecified atom stereocenters. The Hall–Kier alpha value is -3.96. The summed E-state index contributed by atoms with van der Waals surface area (Å²) >= 11 is 2.54. The molecule has 0 saturated heterocycles. The summed E-state index contributed by atoms with van der Waals surface area (Å²) in [5.41, 5.74) is 1.35. The van der Waals surface area contributed by atoms with Gasteiger partial charge in [0.05, 0.1) is 29.5 Å². The highest BCUT2D eigenvalue weighted by Gasteiger charge is 2.35. The van der Waals surface area contributed by atoms with Crippen LogP contribution in [0.25, 0.3) is 6.08 Å². The van der Waals surface area contributed by atoms with Crippen LogP contribution in [0.4, 0.5) is 0 Å². The van der Waals surface area contributed by atoms with Crippen molar-refractivity contribution in [2.75, 3.05) is 13.7 Å². The first-order valence-electron chi connectivity index (χ1n) is 12.4. The number of fused-ring (bicyclic) bond motifs is 1. The molecule has 1 atom stereocenters. The zero-order valence-corrected chi connectivity index (χ0v) is 23.3. The number of allylic oxidation sites excluding steroid dienone is 1. The Kier molecular flexibility index (Phi) is 8.08. The smallest absolute Gasteiger partial charge is 0.338 e. The van der Waals surface area contributed by atoms with Crippen molar-refractivity contribution < 1.29 is 18.7 Å². The van der Waals surface area contributed by atoms with Crippen molar-refractivity contribution in [3.8, 4) is 5.75 Å². The first-order chi connectivity index (χ1) is 19.0. The van der Waals surface area contributed by atoms with Gasteiger partial charge in [0.1, 0.15) is 17.6 Å². The SMILES string of the molecule is CCCC1=C(C(=O)OCC)[C@H](c2ccccc2OC)n2c(s/c(=C/c3ccc(Sc4ncccn4)o3)c2=O)=N1. The van der Waals surface area contributed by atoms with E-state index in [1.165, 1.54) is 23.1 Å². The molecule has 0 fully saturated rings. The van der Waals surface area contributed by atoms with E-state index >= 15 is 0 Å². The lowest BCUT2D eigenvalue weighted by Gasteiger charge is -2.26. The minimum Gasteiger partial charge on any atom is -0.496 e. The summed E-state index contributed by atoms with van der Waals surface area (Å²) in [6.45, 7) is 3.98. The molecule has 4 aromatic rings. The second-order valence-electron chi connectivity index (χ2n) is 8.45. The number of nitrogens with zero attached hydrogens (tertiary/aromatic N) is 4. The molecule has 3 aromatic heterocycles. The highest BCUT2D eigenvalue weighted by atomic mass is 32.2. The van der Waals surface area contributed by atoms with E-state index in [0.29, 0.717) is 54.3 Å². The molecule has 0 N–H and O–H groups in total. The van der Waals surface area contributed by atoms with E-state index in [4.69, 9.17) is 18.9 Å².